The van der Waals surface area contributed by atoms with Crippen LogP contribution in [-0.2, 0) is 33.8 Å². The van der Waals surface area contributed by atoms with Gasteiger partial charge in [0.05, 0.1) is 72.4 Å². The van der Waals surface area contributed by atoms with E-state index >= 15 is 0 Å². The quantitative estimate of drug-likeness (QED) is 0.0175. The van der Waals surface area contributed by atoms with Gasteiger partial charge in [0.1, 0.15) is 47.7 Å². The van der Waals surface area contributed by atoms with Crippen molar-refractivity contribution in [3.63, 3.8) is 0 Å². The Morgan fingerprint density at radius 3 is 1.07 bits per heavy atom. The molecule has 4 aromatic heterocycles. The number of ether oxygens (including phenoxy) is 8. The van der Waals surface area contributed by atoms with Gasteiger partial charge in [-0.25, -0.2) is 19.9 Å². The second-order valence-electron chi connectivity index (χ2n) is 20.2. The van der Waals surface area contributed by atoms with Gasteiger partial charge in [0.25, 0.3) is 28.1 Å². The van der Waals surface area contributed by atoms with Crippen LogP contribution in [0.2, 0.25) is 0 Å². The summed E-state index contributed by atoms with van der Waals surface area (Å²) in [5, 5.41) is 32.3. The number of alkyl halides is 3. The molecule has 0 aliphatic heterocycles. The summed E-state index contributed by atoms with van der Waals surface area (Å²) in [5.74, 6) is 1.88. The number of H-pyrrole nitrogens is 1. The molecule has 11 rings (SSSR count). The molecule has 27 heteroatoms. The largest absolute Gasteiger partial charge is 0.508 e. The third-order valence-corrected chi connectivity index (χ3v) is 16.3. The number of aromatic hydroxyl groups is 1. The molecule has 1 amide bonds. The van der Waals surface area contributed by atoms with Crippen molar-refractivity contribution >= 4 is 115 Å². The highest BCUT2D eigenvalue weighted by Gasteiger charge is 2.13. The first kappa shape index (κ1) is 80.1. The number of nitrogens with one attached hydrogen (secondary N) is 2. The number of aromatic amines is 1. The number of pyridine rings is 4. The fourth-order valence-electron chi connectivity index (χ4n) is 9.03. The number of carbonyl (C=O) groups is 4. The number of methoxy groups -OCH3 is 6. The molecule has 0 aliphatic carbocycles. The van der Waals surface area contributed by atoms with Gasteiger partial charge in [-0.1, -0.05) is 72.1 Å². The lowest BCUT2D eigenvalue weighted by Gasteiger charge is -2.10. The van der Waals surface area contributed by atoms with E-state index in [2.05, 4.69) is 62.2 Å². The fourth-order valence-corrected chi connectivity index (χ4v) is 9.41. The monoisotopic (exact) mass is 1560 g/mol. The minimum absolute atomic E-state index is 0.0993. The number of nitrogens with zero attached hydrogens (tertiary/aromatic N) is 3. The normalized spacial score (nSPS) is 10.1. The zero-order valence-electron chi connectivity index (χ0n) is 55.5. The van der Waals surface area contributed by atoms with Gasteiger partial charge >= 0.3 is 17.9 Å². The van der Waals surface area contributed by atoms with Gasteiger partial charge in [-0.05, 0) is 167 Å². The SMILES string of the molecule is BrCCBr.CO.COC(=O)c1ccc2cc[nH]c(=O)c2c1.COC(=O)c1ccc2ccn(CCBr)c(=O)c2c1.COC(=O)c1ccc2ccn(CCOc3ccc(OC)cc3)c(=O)c2c1.COc1ccc(O)cc1.COc1ccc(OCCn2ccc3ccc(C(=O)NO)cc3c2=O)cc1. The maximum Gasteiger partial charge on any atom is 0.337 e. The summed E-state index contributed by atoms with van der Waals surface area (Å²) in [6.45, 7) is 2.00. The highest BCUT2D eigenvalue weighted by Crippen LogP contribution is 2.21. The van der Waals surface area contributed by atoms with Gasteiger partial charge < -0.3 is 66.8 Å². The molecule has 0 radical (unpaired) electrons. The first-order valence-electron chi connectivity index (χ1n) is 30.1. The van der Waals surface area contributed by atoms with Gasteiger partial charge in [0, 0.05) is 81.5 Å². The van der Waals surface area contributed by atoms with Crippen molar-refractivity contribution in [3.05, 3.63) is 258 Å². The van der Waals surface area contributed by atoms with Crippen molar-refractivity contribution in [1.82, 2.24) is 24.2 Å². The Kier molecular flexibility index (Phi) is 33.9. The average Bonchev–Trinajstić information content (AvgIpc) is 0.815. The topological polar surface area (TPSA) is 314 Å². The van der Waals surface area contributed by atoms with E-state index in [4.69, 9.17) is 43.8 Å². The molecule has 11 aromatic rings. The summed E-state index contributed by atoms with van der Waals surface area (Å²) in [4.78, 5) is 97.3. The minimum Gasteiger partial charge on any atom is -0.508 e. The third-order valence-electron chi connectivity index (χ3n) is 14.1. The van der Waals surface area contributed by atoms with Crippen LogP contribution < -0.4 is 51.4 Å². The number of rotatable bonds is 18. The van der Waals surface area contributed by atoms with E-state index in [9.17, 15) is 38.4 Å². The fraction of sp³-hybridized carbons (Fsp3) is 0.205. The van der Waals surface area contributed by atoms with Crippen molar-refractivity contribution in [3.8, 4) is 34.5 Å². The molecule has 0 bridgehead atoms. The molecule has 0 saturated heterocycles. The number of halogens is 3. The van der Waals surface area contributed by atoms with Crippen molar-refractivity contribution in [2.75, 3.05) is 79.0 Å². The van der Waals surface area contributed by atoms with Crippen LogP contribution in [0.15, 0.2) is 214 Å². The number of aliphatic hydroxyl groups excluding tert-OH is 1. The Morgan fingerprint density at radius 1 is 0.410 bits per heavy atom. The van der Waals surface area contributed by atoms with E-state index in [1.165, 1.54) is 38.0 Å². The number of benzene rings is 7. The maximum absolute atomic E-state index is 12.7. The first-order chi connectivity index (χ1) is 48.4. The number of fused-ring (bicyclic) bond motifs is 4. The second kappa shape index (κ2) is 42.3. The zero-order chi connectivity index (χ0) is 73.1. The molecule has 0 spiro atoms. The van der Waals surface area contributed by atoms with E-state index in [-0.39, 0.29) is 33.6 Å². The predicted molar refractivity (Wildman–Crippen MR) is 394 cm³/mol. The summed E-state index contributed by atoms with van der Waals surface area (Å²) >= 11 is 9.70. The van der Waals surface area contributed by atoms with E-state index in [0.717, 1.165) is 56.6 Å². The Bertz CT molecular complexity index is 4550. The summed E-state index contributed by atoms with van der Waals surface area (Å²) in [7, 11) is 9.73. The van der Waals surface area contributed by atoms with Crippen LogP contribution in [0.4, 0.5) is 0 Å². The molecule has 100 heavy (non-hydrogen) atoms. The number of hydrogen-bond donors (Lipinski definition) is 5. The van der Waals surface area contributed by atoms with Crippen molar-refractivity contribution in [1.29, 1.82) is 0 Å². The standard InChI is InChI=1S/C20H19NO5.C19H18N2O5.C13H12BrNO3.C11H9NO3.C7H8O2.C2H4Br2.CH4O/c1-24-16-5-7-17(8-6-16)26-12-11-21-10-9-14-3-4-15(20(23)25-2)13-18(14)19(21)22;1-25-15-4-6-16(7-5-15)26-11-10-21-9-8-13-2-3-14(18(22)20-24)12-17(13)19(21)23;1-18-13(17)10-3-2-9-4-6-15(7-5-14)12(16)11(9)8-10;1-15-11(14)8-3-2-7-4-5-12-10(13)9(7)6-8;1-9-7-4-2-6(8)3-5-7;3-1-2-4;1-2/h3-10,13H,11-12H2,1-2H3;2-9,12,24H,10-11H2,1H3,(H,20,22);2-4,6,8H,5,7H2,1H3;2-6H,1H3,(H,12,13);2-5,8H,1H3;1-2H2;2H,1H3. The number of aromatic nitrogens is 4. The summed E-state index contributed by atoms with van der Waals surface area (Å²) in [6.07, 6.45) is 6.74. The van der Waals surface area contributed by atoms with Crippen molar-refractivity contribution in [2.24, 2.45) is 0 Å². The maximum atomic E-state index is 12.7. The number of carbonyl (C=O) groups excluding carboxylic acids is 4. The van der Waals surface area contributed by atoms with E-state index in [1.54, 1.807) is 182 Å². The van der Waals surface area contributed by atoms with Crippen LogP contribution in [0.5, 0.6) is 34.5 Å². The van der Waals surface area contributed by atoms with Crippen LogP contribution in [0, 0.1) is 0 Å². The van der Waals surface area contributed by atoms with Gasteiger partial charge in [0.2, 0.25) is 0 Å². The highest BCUT2D eigenvalue weighted by molar-refractivity contribution is 9.12. The molecule has 0 saturated carbocycles. The number of amides is 1. The molecule has 5 N–H and O–H groups in total. The number of phenols is 1. The van der Waals surface area contributed by atoms with Crippen LogP contribution in [-0.4, -0.2) is 137 Å². The summed E-state index contributed by atoms with van der Waals surface area (Å²) < 4.78 is 45.0. The zero-order valence-corrected chi connectivity index (χ0v) is 60.2. The molecule has 24 nitrogen and oxygen atoms in total. The van der Waals surface area contributed by atoms with Gasteiger partial charge in [-0.2, -0.15) is 0 Å². The van der Waals surface area contributed by atoms with E-state index in [1.807, 2.05) is 36.4 Å². The van der Waals surface area contributed by atoms with E-state index < -0.39 is 23.8 Å². The lowest BCUT2D eigenvalue weighted by molar-refractivity contribution is 0.0592. The molecular weight excluding hydrogens is 1490 g/mol. The molecular formula is C73H74Br3N5O19. The number of phenolic OH excluding ortho intramolecular Hbond substituents is 1. The number of aliphatic hydroxyl groups is 1. The predicted octanol–water partition coefficient (Wildman–Crippen LogP) is 11.4. The molecule has 526 valence electrons. The van der Waals surface area contributed by atoms with Crippen molar-refractivity contribution < 1.29 is 72.5 Å². The van der Waals surface area contributed by atoms with Crippen LogP contribution in [0.1, 0.15) is 41.4 Å². The summed E-state index contributed by atoms with van der Waals surface area (Å²) in [5.41, 5.74) is 2.18. The smallest absolute Gasteiger partial charge is 0.337 e. The minimum atomic E-state index is -0.662. The molecule has 4 heterocycles. The van der Waals surface area contributed by atoms with E-state index in [0.29, 0.717) is 87.9 Å². The molecule has 0 unspecified atom stereocenters. The highest BCUT2D eigenvalue weighted by atomic mass is 79.9. The molecule has 7 aromatic carbocycles. The van der Waals surface area contributed by atoms with Crippen LogP contribution in [0.25, 0.3) is 43.1 Å². The van der Waals surface area contributed by atoms with Gasteiger partial charge in [-0.15, -0.1) is 0 Å². The lowest BCUT2D eigenvalue weighted by atomic mass is 10.1. The number of esters is 3. The summed E-state index contributed by atoms with van der Waals surface area (Å²) in [6, 6.07) is 47.7. The Balaban J connectivity index is 0.000000228. The average molecular weight is 1570 g/mol. The Labute approximate surface area is 599 Å². The Hall–Kier alpha value is -10.6. The number of aryl methyl sites for hydroxylation is 1. The third kappa shape index (κ3) is 23.6. The van der Waals surface area contributed by atoms with Gasteiger partial charge in [-0.3, -0.25) is 29.2 Å². The van der Waals surface area contributed by atoms with Crippen LogP contribution >= 0.6 is 47.8 Å². The number of hydroxylamine groups is 1. The Morgan fingerprint density at radius 2 is 0.730 bits per heavy atom. The number of hydrogen-bond acceptors (Lipinski definition) is 19. The molecule has 0 atom stereocenters. The molecule has 0 aliphatic rings. The first-order valence-corrected chi connectivity index (χ1v) is 33.4. The van der Waals surface area contributed by atoms with Crippen molar-refractivity contribution in [2.45, 2.75) is 19.6 Å². The van der Waals surface area contributed by atoms with Crippen LogP contribution in [0.3, 0.4) is 0 Å². The second-order valence-corrected chi connectivity index (χ2v) is 22.6. The lowest BCUT2D eigenvalue weighted by Crippen LogP contribution is -2.23. The molecule has 0 fully saturated rings. The van der Waals surface area contributed by atoms with Gasteiger partial charge in [0.15, 0.2) is 0 Å².